The molecule has 0 radical (unpaired) electrons. The monoisotopic (exact) mass is 258 g/mol. The van der Waals surface area contributed by atoms with E-state index in [0.717, 1.165) is 22.2 Å². The number of benzene rings is 1. The maximum absolute atomic E-state index is 5.88. The van der Waals surface area contributed by atoms with E-state index in [2.05, 4.69) is 24.9 Å². The number of rotatable bonds is 6. The van der Waals surface area contributed by atoms with Crippen molar-refractivity contribution in [3.63, 3.8) is 0 Å². The molecule has 2 N–H and O–H groups in total. The van der Waals surface area contributed by atoms with Gasteiger partial charge in [-0.15, -0.1) is 0 Å². The van der Waals surface area contributed by atoms with Gasteiger partial charge in [0.15, 0.2) is 0 Å². The van der Waals surface area contributed by atoms with Crippen molar-refractivity contribution in [1.29, 1.82) is 0 Å². The number of hydrogen-bond acceptors (Lipinski definition) is 3. The van der Waals surface area contributed by atoms with Crippen molar-refractivity contribution < 1.29 is 4.74 Å². The molecule has 19 heavy (non-hydrogen) atoms. The maximum atomic E-state index is 5.88. The molecule has 2 rings (SSSR count). The van der Waals surface area contributed by atoms with Crippen LogP contribution in [0.5, 0.6) is 5.88 Å². The van der Waals surface area contributed by atoms with Crippen LogP contribution in [-0.4, -0.2) is 11.6 Å². The molecule has 2 aromatic rings. The Morgan fingerprint density at radius 2 is 2.00 bits per heavy atom. The van der Waals surface area contributed by atoms with Gasteiger partial charge in [-0.3, -0.25) is 0 Å². The van der Waals surface area contributed by atoms with Crippen LogP contribution in [-0.2, 0) is 6.54 Å². The summed E-state index contributed by atoms with van der Waals surface area (Å²) in [5, 5.41) is 2.19. The lowest BCUT2D eigenvalue weighted by atomic mass is 10.1. The SMILES string of the molecule is CCCC(C)COc1ncc(CN)c2ccccc12. The first-order valence-corrected chi connectivity index (χ1v) is 6.95. The molecule has 1 unspecified atom stereocenters. The molecule has 3 nitrogen and oxygen atoms in total. The Morgan fingerprint density at radius 1 is 1.26 bits per heavy atom. The van der Waals surface area contributed by atoms with Gasteiger partial charge in [-0.05, 0) is 29.4 Å². The molecule has 0 amide bonds. The van der Waals surface area contributed by atoms with E-state index in [-0.39, 0.29) is 0 Å². The Balaban J connectivity index is 2.24. The largest absolute Gasteiger partial charge is 0.477 e. The molecule has 0 aliphatic heterocycles. The standard InChI is InChI=1S/C16H22N2O/c1-3-6-12(2)11-19-16-15-8-5-4-7-14(15)13(9-17)10-18-16/h4-5,7-8,10,12H,3,6,9,11,17H2,1-2H3. The van der Waals surface area contributed by atoms with Gasteiger partial charge in [0.05, 0.1) is 6.61 Å². The van der Waals surface area contributed by atoms with Crippen LogP contribution in [0.25, 0.3) is 10.8 Å². The third-order valence-corrected chi connectivity index (χ3v) is 3.35. The summed E-state index contributed by atoms with van der Waals surface area (Å²) in [5.41, 5.74) is 6.81. The summed E-state index contributed by atoms with van der Waals surface area (Å²) in [6.07, 6.45) is 4.19. The van der Waals surface area contributed by atoms with Crippen LogP contribution in [0.2, 0.25) is 0 Å². The lowest BCUT2D eigenvalue weighted by molar-refractivity contribution is 0.246. The first-order valence-electron chi connectivity index (χ1n) is 6.95. The fourth-order valence-electron chi connectivity index (χ4n) is 2.30. The molecule has 0 spiro atoms. The van der Waals surface area contributed by atoms with E-state index >= 15 is 0 Å². The lowest BCUT2D eigenvalue weighted by Gasteiger charge is -2.14. The minimum atomic E-state index is 0.500. The number of pyridine rings is 1. The van der Waals surface area contributed by atoms with Crippen molar-refractivity contribution in [1.82, 2.24) is 4.98 Å². The summed E-state index contributed by atoms with van der Waals surface area (Å²) in [6, 6.07) is 8.14. The molecule has 0 saturated heterocycles. The Bertz CT molecular complexity index is 539. The summed E-state index contributed by atoms with van der Waals surface area (Å²) < 4.78 is 5.88. The first kappa shape index (κ1) is 13.8. The summed E-state index contributed by atoms with van der Waals surface area (Å²) in [4.78, 5) is 4.41. The fraction of sp³-hybridized carbons (Fsp3) is 0.438. The third kappa shape index (κ3) is 3.24. The van der Waals surface area contributed by atoms with Crippen LogP contribution in [0, 0.1) is 5.92 Å². The van der Waals surface area contributed by atoms with Gasteiger partial charge >= 0.3 is 0 Å². The van der Waals surface area contributed by atoms with Crippen molar-refractivity contribution in [2.75, 3.05) is 6.61 Å². The van der Waals surface area contributed by atoms with Gasteiger partial charge in [-0.2, -0.15) is 0 Å². The molecule has 3 heteroatoms. The zero-order chi connectivity index (χ0) is 13.7. The third-order valence-electron chi connectivity index (χ3n) is 3.35. The smallest absolute Gasteiger partial charge is 0.221 e. The van der Waals surface area contributed by atoms with Gasteiger partial charge in [0.1, 0.15) is 0 Å². The Morgan fingerprint density at radius 3 is 2.68 bits per heavy atom. The molecule has 102 valence electrons. The van der Waals surface area contributed by atoms with Crippen molar-refractivity contribution in [2.45, 2.75) is 33.2 Å². The molecular weight excluding hydrogens is 236 g/mol. The van der Waals surface area contributed by atoms with Crippen LogP contribution >= 0.6 is 0 Å². The molecule has 0 aliphatic carbocycles. The van der Waals surface area contributed by atoms with Gasteiger partial charge in [0, 0.05) is 18.1 Å². The van der Waals surface area contributed by atoms with E-state index in [0.29, 0.717) is 19.1 Å². The van der Waals surface area contributed by atoms with E-state index in [1.807, 2.05) is 24.4 Å². The number of fused-ring (bicyclic) bond motifs is 1. The maximum Gasteiger partial charge on any atom is 0.221 e. The van der Waals surface area contributed by atoms with Gasteiger partial charge in [0.25, 0.3) is 0 Å². The van der Waals surface area contributed by atoms with Crippen LogP contribution in [0.15, 0.2) is 30.5 Å². The minimum absolute atomic E-state index is 0.500. The normalized spacial score (nSPS) is 12.6. The van der Waals surface area contributed by atoms with E-state index in [1.165, 1.54) is 12.8 Å². The second-order valence-corrected chi connectivity index (χ2v) is 5.04. The lowest BCUT2D eigenvalue weighted by Crippen LogP contribution is -2.10. The first-order chi connectivity index (χ1) is 9.26. The Labute approximate surface area is 114 Å². The molecule has 1 heterocycles. The molecule has 0 saturated carbocycles. The van der Waals surface area contributed by atoms with Gasteiger partial charge < -0.3 is 10.5 Å². The second kappa shape index (κ2) is 6.53. The Kier molecular flexibility index (Phi) is 4.74. The van der Waals surface area contributed by atoms with Crippen LogP contribution < -0.4 is 10.5 Å². The van der Waals surface area contributed by atoms with E-state index in [9.17, 15) is 0 Å². The highest BCUT2D eigenvalue weighted by Crippen LogP contribution is 2.26. The van der Waals surface area contributed by atoms with Gasteiger partial charge in [-0.1, -0.05) is 38.5 Å². The highest BCUT2D eigenvalue weighted by molar-refractivity contribution is 5.89. The molecule has 1 aromatic carbocycles. The van der Waals surface area contributed by atoms with Crippen molar-refractivity contribution in [2.24, 2.45) is 11.7 Å². The number of hydrogen-bond donors (Lipinski definition) is 1. The van der Waals surface area contributed by atoms with Crippen LogP contribution in [0.4, 0.5) is 0 Å². The highest BCUT2D eigenvalue weighted by Gasteiger charge is 2.09. The predicted molar refractivity (Wildman–Crippen MR) is 79.2 cm³/mol. The molecule has 1 aromatic heterocycles. The van der Waals surface area contributed by atoms with Crippen molar-refractivity contribution in [3.8, 4) is 5.88 Å². The van der Waals surface area contributed by atoms with E-state index < -0.39 is 0 Å². The average Bonchev–Trinajstić information content (AvgIpc) is 2.45. The molecule has 1 atom stereocenters. The predicted octanol–water partition coefficient (Wildman–Crippen LogP) is 3.51. The number of nitrogens with two attached hydrogens (primary N) is 1. The average molecular weight is 258 g/mol. The van der Waals surface area contributed by atoms with Crippen LogP contribution in [0.1, 0.15) is 32.3 Å². The van der Waals surface area contributed by atoms with Gasteiger partial charge in [0.2, 0.25) is 5.88 Å². The highest BCUT2D eigenvalue weighted by atomic mass is 16.5. The van der Waals surface area contributed by atoms with Crippen LogP contribution in [0.3, 0.4) is 0 Å². The van der Waals surface area contributed by atoms with E-state index in [1.54, 1.807) is 0 Å². The summed E-state index contributed by atoms with van der Waals surface area (Å²) >= 11 is 0. The quantitative estimate of drug-likeness (QED) is 0.862. The summed E-state index contributed by atoms with van der Waals surface area (Å²) in [5.74, 6) is 1.27. The van der Waals surface area contributed by atoms with E-state index in [4.69, 9.17) is 10.5 Å². The zero-order valence-corrected chi connectivity index (χ0v) is 11.7. The topological polar surface area (TPSA) is 48.1 Å². The number of ether oxygens (including phenoxy) is 1. The number of aromatic nitrogens is 1. The van der Waals surface area contributed by atoms with Crippen molar-refractivity contribution >= 4 is 10.8 Å². The molecule has 0 bridgehead atoms. The van der Waals surface area contributed by atoms with Gasteiger partial charge in [-0.25, -0.2) is 4.98 Å². The van der Waals surface area contributed by atoms with Crippen molar-refractivity contribution in [3.05, 3.63) is 36.0 Å². The fourth-order valence-corrected chi connectivity index (χ4v) is 2.30. The Hall–Kier alpha value is -1.61. The zero-order valence-electron chi connectivity index (χ0n) is 11.7. The molecule has 0 aliphatic rings. The summed E-state index contributed by atoms with van der Waals surface area (Å²) in [7, 11) is 0. The molecular formula is C16H22N2O. The molecule has 0 fully saturated rings. The minimum Gasteiger partial charge on any atom is -0.477 e. The summed E-state index contributed by atoms with van der Waals surface area (Å²) in [6.45, 7) is 5.62. The second-order valence-electron chi connectivity index (χ2n) is 5.04. The number of nitrogens with zero attached hydrogens (tertiary/aromatic N) is 1.